The number of nitrogens with one attached hydrogen (secondary N) is 4. The summed E-state index contributed by atoms with van der Waals surface area (Å²) in [5, 5.41) is 37.0. The van der Waals surface area contributed by atoms with Crippen LogP contribution in [0.15, 0.2) is 146 Å². The molecule has 1 aliphatic rings. The summed E-state index contributed by atoms with van der Waals surface area (Å²) in [5.41, 5.74) is 16.3. The van der Waals surface area contributed by atoms with Gasteiger partial charge >= 0.3 is 0 Å². The number of carbonyl (C=O) groups excluding carboxylic acids is 4. The molecule has 3 aromatic carbocycles. The van der Waals surface area contributed by atoms with Crippen LogP contribution in [-0.2, 0) is 57.6 Å². The fraction of sp³-hybridized carbons (Fsp3) is 0.395. The second-order valence-corrected chi connectivity index (χ2v) is 26.8. The first kappa shape index (κ1) is 81.7. The van der Waals surface area contributed by atoms with Crippen molar-refractivity contribution in [3.8, 4) is 33.8 Å². The van der Waals surface area contributed by atoms with Crippen molar-refractivity contribution in [1.82, 2.24) is 83.4 Å². The topological polar surface area (TPSA) is 328 Å². The zero-order valence-corrected chi connectivity index (χ0v) is 65.0. The summed E-state index contributed by atoms with van der Waals surface area (Å²) >= 11 is 0. The van der Waals surface area contributed by atoms with Gasteiger partial charge in [0.25, 0.3) is 17.7 Å². The molecular weight excluding hydrogens is 1430 g/mol. The van der Waals surface area contributed by atoms with Crippen molar-refractivity contribution in [1.29, 1.82) is 0 Å². The third-order valence-electron chi connectivity index (χ3n) is 18.0. The van der Waals surface area contributed by atoms with Crippen molar-refractivity contribution < 1.29 is 52.3 Å². The van der Waals surface area contributed by atoms with E-state index in [2.05, 4.69) is 85.9 Å². The summed E-state index contributed by atoms with van der Waals surface area (Å²) in [6.07, 6.45) is 13.6. The molecule has 590 valence electrons. The number of morpholine rings is 1. The van der Waals surface area contributed by atoms with Crippen molar-refractivity contribution in [2.45, 2.75) is 94.3 Å². The number of hydrogen-bond acceptors (Lipinski definition) is 21. The van der Waals surface area contributed by atoms with Gasteiger partial charge in [0.1, 0.15) is 34.0 Å². The lowest BCUT2D eigenvalue weighted by atomic mass is 10.1. The maximum atomic E-state index is 12.9. The fourth-order valence-corrected chi connectivity index (χ4v) is 12.3. The fourth-order valence-electron chi connectivity index (χ4n) is 12.3. The standard InChI is InChI=1S/C31H40N8O5.C27H34N6O4.C23H26N6O2/c1-23-21-24(2)39-10-7-27(30(39)33-23)31(41)34-26-5-3-25(4-6-26)28-22-38(36-35-28)14-18-44-20-19-42-15-8-29(40)32-9-11-37-12-16-43-17-13-37;1-4-12-35-14-16-37-17-15-36-13-11-32-19-25(30-31-32)22-5-7-23(8-6-22)29-27(34)24-9-10-33-21(3)18-20(2)28-26(24)33;1-4-12-31-13-11-28-15-21(26-27-28)18-5-7-19(8-6-18)25-23(30)20-9-10-29-17(3)14-16(2)24-22(20)29/h3-7,10,21-22H,8-9,11-20H2,1-2H3,(H,32,40)(H,34,41);5-10,18-19H,4,11-17H2,1-3H3,(H,29,34);5-10,14-15H,4,11-13H2,1-3H3,(H,25,30). The van der Waals surface area contributed by atoms with E-state index in [1.54, 1.807) is 32.2 Å². The van der Waals surface area contributed by atoms with Gasteiger partial charge in [-0.25, -0.2) is 29.0 Å². The van der Waals surface area contributed by atoms with Crippen molar-refractivity contribution in [2.24, 2.45) is 0 Å². The van der Waals surface area contributed by atoms with Gasteiger partial charge in [-0.3, -0.25) is 24.1 Å². The summed E-state index contributed by atoms with van der Waals surface area (Å²) in [7, 11) is 0. The summed E-state index contributed by atoms with van der Waals surface area (Å²) in [5.74, 6) is -0.608. The molecule has 112 heavy (non-hydrogen) atoms. The molecule has 4 amide bonds. The van der Waals surface area contributed by atoms with E-state index in [0.29, 0.717) is 149 Å². The van der Waals surface area contributed by atoms with Crippen molar-refractivity contribution >= 4 is 57.6 Å². The van der Waals surface area contributed by atoms with Gasteiger partial charge in [0, 0.05) is 132 Å². The van der Waals surface area contributed by atoms with Crippen molar-refractivity contribution in [2.75, 3.05) is 135 Å². The Hall–Kier alpha value is -11.3. The molecule has 4 N–H and O–H groups in total. The number of aromatic nitrogens is 15. The van der Waals surface area contributed by atoms with Gasteiger partial charge in [-0.05, 0) is 127 Å². The Morgan fingerprint density at radius 3 is 1.07 bits per heavy atom. The van der Waals surface area contributed by atoms with Crippen molar-refractivity contribution in [3.05, 3.63) is 197 Å². The lowest BCUT2D eigenvalue weighted by Gasteiger charge is -2.26. The lowest BCUT2D eigenvalue weighted by Crippen LogP contribution is -2.41. The predicted molar refractivity (Wildman–Crippen MR) is 425 cm³/mol. The molecule has 1 saturated heterocycles. The van der Waals surface area contributed by atoms with Crippen LogP contribution in [0.5, 0.6) is 0 Å². The lowest BCUT2D eigenvalue weighted by molar-refractivity contribution is -0.122. The zero-order chi connectivity index (χ0) is 78.6. The van der Waals surface area contributed by atoms with Crippen LogP contribution in [0.3, 0.4) is 0 Å². The normalized spacial score (nSPS) is 12.2. The van der Waals surface area contributed by atoms with E-state index in [1.165, 1.54) is 0 Å². The molecule has 0 unspecified atom stereocenters. The van der Waals surface area contributed by atoms with Gasteiger partial charge in [-0.2, -0.15) is 0 Å². The van der Waals surface area contributed by atoms with Crippen LogP contribution in [0.25, 0.3) is 50.7 Å². The van der Waals surface area contributed by atoms with Gasteiger partial charge in [0.05, 0.1) is 134 Å². The number of rotatable bonds is 37. The van der Waals surface area contributed by atoms with E-state index >= 15 is 0 Å². The highest BCUT2D eigenvalue weighted by molar-refractivity contribution is 6.10. The van der Waals surface area contributed by atoms with Gasteiger partial charge in [-0.15, -0.1) is 15.3 Å². The van der Waals surface area contributed by atoms with E-state index in [4.69, 9.17) is 33.2 Å². The number of ether oxygens (including phenoxy) is 7. The monoisotopic (exact) mass is 1530 g/mol. The van der Waals surface area contributed by atoms with Gasteiger partial charge in [0.15, 0.2) is 0 Å². The third-order valence-corrected chi connectivity index (χ3v) is 18.0. The molecule has 1 fully saturated rings. The quantitative estimate of drug-likeness (QED) is 0.0263. The maximum Gasteiger partial charge on any atom is 0.259 e. The molecule has 31 heteroatoms. The van der Waals surface area contributed by atoms with E-state index in [0.717, 1.165) is 127 Å². The molecule has 1 aliphatic heterocycles. The Labute approximate surface area is 650 Å². The largest absolute Gasteiger partial charge is 0.380 e. The first-order valence-electron chi connectivity index (χ1n) is 37.9. The second kappa shape index (κ2) is 41.7. The van der Waals surface area contributed by atoms with E-state index in [9.17, 15) is 19.2 Å². The van der Waals surface area contributed by atoms with Crippen LogP contribution < -0.4 is 21.3 Å². The van der Waals surface area contributed by atoms with Crippen molar-refractivity contribution in [3.63, 3.8) is 0 Å². The molecule has 10 heterocycles. The number of carbonyl (C=O) groups is 4. The number of anilines is 3. The van der Waals surface area contributed by atoms with E-state index < -0.39 is 0 Å². The molecule has 0 spiro atoms. The Kier molecular flexibility index (Phi) is 30.4. The van der Waals surface area contributed by atoms with Crippen LogP contribution in [0.4, 0.5) is 17.1 Å². The Bertz CT molecular complexity index is 5000. The molecule has 0 radical (unpaired) electrons. The smallest absolute Gasteiger partial charge is 0.259 e. The third kappa shape index (κ3) is 23.6. The summed E-state index contributed by atoms with van der Waals surface area (Å²) in [6, 6.07) is 33.9. The number of benzene rings is 3. The first-order valence-corrected chi connectivity index (χ1v) is 37.9. The molecule has 12 aromatic rings. The van der Waals surface area contributed by atoms with Gasteiger partial charge in [-0.1, -0.05) is 65.9 Å². The minimum absolute atomic E-state index is 0.00548. The number of amides is 4. The molecule has 9 aromatic heterocycles. The Morgan fingerprint density at radius 2 is 0.723 bits per heavy atom. The van der Waals surface area contributed by atoms with Crippen LogP contribution in [0.2, 0.25) is 0 Å². The average Bonchev–Trinajstić information content (AvgIpc) is 1.65. The molecule has 0 atom stereocenters. The SMILES string of the molecule is CCCOCCOCCOCCn1cc(-c2ccc(NC(=O)c3ccn4c(C)cc(C)nc34)cc2)nn1.CCCOCCn1cc(-c2ccc(NC(=O)c3ccn4c(C)cc(C)nc34)cc2)nn1.Cc1cc(C)n2ccc(C(=O)Nc3ccc(-c4cn(CCOCCOCCC(=O)NCCN5CCOCC5)nn4)cc3)c2n1. The number of nitrogens with zero attached hydrogens (tertiary/aromatic N) is 16. The van der Waals surface area contributed by atoms with Crippen LogP contribution in [0.1, 0.15) is 98.3 Å². The molecule has 13 rings (SSSR count). The average molecular weight is 1530 g/mol. The summed E-state index contributed by atoms with van der Waals surface area (Å²) in [6.45, 7) is 29.1. The number of aryl methyl sites for hydroxylation is 6. The predicted octanol–water partition coefficient (Wildman–Crippen LogP) is 10.1. The highest BCUT2D eigenvalue weighted by Gasteiger charge is 2.20. The maximum absolute atomic E-state index is 12.9. The Balaban J connectivity index is 0.000000169. The van der Waals surface area contributed by atoms with Crippen LogP contribution >= 0.6 is 0 Å². The molecule has 0 saturated carbocycles. The van der Waals surface area contributed by atoms with E-state index in [-0.39, 0.29) is 23.6 Å². The minimum Gasteiger partial charge on any atom is -0.380 e. The van der Waals surface area contributed by atoms with Gasteiger partial charge < -0.3 is 67.6 Å². The second-order valence-electron chi connectivity index (χ2n) is 26.8. The Morgan fingerprint density at radius 1 is 0.402 bits per heavy atom. The molecule has 0 aliphatic carbocycles. The number of fused-ring (bicyclic) bond motifs is 3. The molecular formula is C81H100N20O11. The number of hydrogen-bond donors (Lipinski definition) is 4. The summed E-state index contributed by atoms with van der Waals surface area (Å²) < 4.78 is 49.4. The minimum atomic E-state index is -0.213. The molecule has 31 nitrogen and oxygen atoms in total. The van der Waals surface area contributed by atoms with Crippen LogP contribution in [0, 0.1) is 41.5 Å². The zero-order valence-electron chi connectivity index (χ0n) is 65.0. The highest BCUT2D eigenvalue weighted by atomic mass is 16.5. The summed E-state index contributed by atoms with van der Waals surface area (Å²) in [4.78, 5) is 66.5. The van der Waals surface area contributed by atoms with Crippen LogP contribution in [-0.4, -0.2) is 220 Å². The van der Waals surface area contributed by atoms with Gasteiger partial charge in [0.2, 0.25) is 5.91 Å². The molecule has 0 bridgehead atoms. The van der Waals surface area contributed by atoms with E-state index in [1.807, 2.05) is 183 Å². The first-order chi connectivity index (χ1) is 54.5. The highest BCUT2D eigenvalue weighted by Crippen LogP contribution is 2.26.